The number of aliphatic hydroxyl groups excluding tert-OH is 4. The van der Waals surface area contributed by atoms with E-state index in [2.05, 4.69) is 38.2 Å². The Morgan fingerprint density at radius 1 is 0.545 bits per heavy atom. The summed E-state index contributed by atoms with van der Waals surface area (Å²) < 4.78 is 22.1. The number of unbranched alkanes of at least 4 members (excludes halogenated alkanes) is 22. The molecule has 0 aromatic rings. The van der Waals surface area contributed by atoms with Crippen LogP contribution in [-0.2, 0) is 28.5 Å². The molecule has 0 aromatic carbocycles. The average molecular weight is 783 g/mol. The van der Waals surface area contributed by atoms with Crippen molar-refractivity contribution in [1.29, 1.82) is 0 Å². The summed E-state index contributed by atoms with van der Waals surface area (Å²) in [7, 11) is 0. The van der Waals surface area contributed by atoms with Crippen molar-refractivity contribution in [2.24, 2.45) is 0 Å². The molecule has 4 N–H and O–H groups in total. The summed E-state index contributed by atoms with van der Waals surface area (Å²) in [5, 5.41) is 40.0. The van der Waals surface area contributed by atoms with Gasteiger partial charge in [0.05, 0.1) is 13.2 Å². The van der Waals surface area contributed by atoms with Crippen LogP contribution < -0.4 is 0 Å². The Balaban J connectivity index is 2.34. The van der Waals surface area contributed by atoms with Crippen molar-refractivity contribution in [3.05, 3.63) is 24.3 Å². The summed E-state index contributed by atoms with van der Waals surface area (Å²) in [5.74, 6) is -0.822. The quantitative estimate of drug-likeness (QED) is 0.0273. The maximum absolute atomic E-state index is 12.8. The van der Waals surface area contributed by atoms with Crippen LogP contribution in [0.5, 0.6) is 0 Å². The van der Waals surface area contributed by atoms with Gasteiger partial charge >= 0.3 is 11.9 Å². The van der Waals surface area contributed by atoms with Gasteiger partial charge in [0.25, 0.3) is 0 Å². The number of hydrogen-bond acceptors (Lipinski definition) is 10. The van der Waals surface area contributed by atoms with E-state index < -0.39 is 49.4 Å². The Hall–Kier alpha value is -1.82. The molecule has 1 aliphatic heterocycles. The van der Waals surface area contributed by atoms with Crippen LogP contribution >= 0.6 is 0 Å². The molecule has 1 saturated heterocycles. The van der Waals surface area contributed by atoms with Crippen molar-refractivity contribution < 1.29 is 49.0 Å². The molecule has 0 saturated carbocycles. The highest BCUT2D eigenvalue weighted by Gasteiger charge is 2.44. The second kappa shape index (κ2) is 36.5. The Labute approximate surface area is 334 Å². The van der Waals surface area contributed by atoms with E-state index in [1.54, 1.807) is 0 Å². The summed E-state index contributed by atoms with van der Waals surface area (Å²) >= 11 is 0. The molecule has 0 aliphatic carbocycles. The zero-order chi connectivity index (χ0) is 40.2. The highest BCUT2D eigenvalue weighted by Crippen LogP contribution is 2.22. The highest BCUT2D eigenvalue weighted by atomic mass is 16.7. The molecule has 0 aromatic heterocycles. The van der Waals surface area contributed by atoms with Crippen molar-refractivity contribution in [2.45, 2.75) is 230 Å². The molecule has 1 fully saturated rings. The number of aliphatic hydroxyl groups is 4. The smallest absolute Gasteiger partial charge is 0.306 e. The van der Waals surface area contributed by atoms with Gasteiger partial charge in [0.1, 0.15) is 31.0 Å². The van der Waals surface area contributed by atoms with Crippen LogP contribution in [0.2, 0.25) is 0 Å². The van der Waals surface area contributed by atoms with E-state index in [1.807, 2.05) is 0 Å². The second-order valence-corrected chi connectivity index (χ2v) is 15.5. The van der Waals surface area contributed by atoms with Crippen molar-refractivity contribution in [3.63, 3.8) is 0 Å². The van der Waals surface area contributed by atoms with Gasteiger partial charge in [-0.1, -0.05) is 141 Å². The third kappa shape index (κ3) is 28.3. The fourth-order valence-electron chi connectivity index (χ4n) is 6.71. The first-order chi connectivity index (χ1) is 26.8. The third-order valence-electron chi connectivity index (χ3n) is 10.3. The molecule has 0 spiro atoms. The molecule has 1 aliphatic rings. The lowest BCUT2D eigenvalue weighted by atomic mass is 9.99. The number of carbonyl (C=O) groups excluding carboxylic acids is 2. The van der Waals surface area contributed by atoms with E-state index in [0.29, 0.717) is 12.8 Å². The molecule has 0 bridgehead atoms. The van der Waals surface area contributed by atoms with E-state index in [0.717, 1.165) is 64.2 Å². The molecule has 10 nitrogen and oxygen atoms in total. The van der Waals surface area contributed by atoms with Gasteiger partial charge in [0.15, 0.2) is 12.4 Å². The number of carbonyl (C=O) groups is 2. The first-order valence-electron chi connectivity index (χ1n) is 22.4. The molecular formula is C45H82O10. The van der Waals surface area contributed by atoms with Crippen LogP contribution in [0, 0.1) is 0 Å². The molecule has 1 rings (SSSR count). The van der Waals surface area contributed by atoms with Gasteiger partial charge in [-0.2, -0.15) is 0 Å². The molecular weight excluding hydrogens is 700 g/mol. The Bertz CT molecular complexity index is 954. The van der Waals surface area contributed by atoms with Gasteiger partial charge in [-0.05, 0) is 64.2 Å². The van der Waals surface area contributed by atoms with Gasteiger partial charge in [-0.25, -0.2) is 0 Å². The summed E-state index contributed by atoms with van der Waals surface area (Å²) in [6, 6.07) is 0. The van der Waals surface area contributed by atoms with Crippen LogP contribution in [0.1, 0.15) is 194 Å². The Morgan fingerprint density at radius 3 is 1.42 bits per heavy atom. The minimum absolute atomic E-state index is 0.220. The number of allylic oxidation sites excluding steroid dienone is 4. The Kier molecular flexibility index (Phi) is 34.0. The number of hydrogen-bond donors (Lipinski definition) is 4. The monoisotopic (exact) mass is 783 g/mol. The van der Waals surface area contributed by atoms with Crippen molar-refractivity contribution >= 4 is 11.9 Å². The normalized spacial score (nSPS) is 20.7. The van der Waals surface area contributed by atoms with E-state index in [4.69, 9.17) is 18.9 Å². The first kappa shape index (κ1) is 51.2. The van der Waals surface area contributed by atoms with Crippen LogP contribution in [0.25, 0.3) is 0 Å². The summed E-state index contributed by atoms with van der Waals surface area (Å²) in [5.41, 5.74) is 0. The zero-order valence-corrected chi connectivity index (χ0v) is 34.9. The zero-order valence-electron chi connectivity index (χ0n) is 34.9. The van der Waals surface area contributed by atoms with Gasteiger partial charge in [-0.15, -0.1) is 0 Å². The highest BCUT2D eigenvalue weighted by molar-refractivity contribution is 5.70. The SMILES string of the molecule is CCCCCCCC/C=C/CCCCCCCC(=O)OCC(CO[C@@H]1O[C@H](CO)[C@H](O)[C@H](O)[C@H]1O)OC(=O)CCCCCCC/C=C/CCCCCCCC. The molecule has 55 heavy (non-hydrogen) atoms. The van der Waals surface area contributed by atoms with Crippen LogP contribution in [0.4, 0.5) is 0 Å². The fraction of sp³-hybridized carbons (Fsp3) is 0.867. The van der Waals surface area contributed by atoms with Gasteiger partial charge < -0.3 is 39.4 Å². The van der Waals surface area contributed by atoms with Crippen LogP contribution in [0.15, 0.2) is 24.3 Å². The Morgan fingerprint density at radius 2 is 0.964 bits per heavy atom. The summed E-state index contributed by atoms with van der Waals surface area (Å²) in [6.07, 6.45) is 31.8. The predicted octanol–water partition coefficient (Wildman–Crippen LogP) is 9.33. The van der Waals surface area contributed by atoms with Crippen LogP contribution in [-0.4, -0.2) is 89.0 Å². The maximum Gasteiger partial charge on any atom is 0.306 e. The number of esters is 2. The lowest BCUT2D eigenvalue weighted by Crippen LogP contribution is -2.59. The molecule has 10 heteroatoms. The topological polar surface area (TPSA) is 152 Å². The lowest BCUT2D eigenvalue weighted by Gasteiger charge is -2.39. The molecule has 1 unspecified atom stereocenters. The maximum atomic E-state index is 12.8. The van der Waals surface area contributed by atoms with Gasteiger partial charge in [0, 0.05) is 12.8 Å². The number of rotatable bonds is 37. The first-order valence-corrected chi connectivity index (χ1v) is 22.4. The van der Waals surface area contributed by atoms with Crippen molar-refractivity contribution in [3.8, 4) is 0 Å². The van der Waals surface area contributed by atoms with E-state index >= 15 is 0 Å². The largest absolute Gasteiger partial charge is 0.462 e. The minimum atomic E-state index is -1.60. The average Bonchev–Trinajstić information content (AvgIpc) is 3.18. The number of ether oxygens (including phenoxy) is 4. The standard InChI is InChI=1S/C45H82O10/c1-3-5-7-9-11-13-15-17-19-21-23-25-27-29-31-33-40(47)52-36-38(37-53-45-44(51)43(50)42(49)39(35-46)55-45)54-41(48)34-32-30-28-26-24-22-20-18-16-14-12-10-8-6-4-2/h17-20,38-39,42-46,49-51H,3-16,21-37H2,1-2H3/b19-17+,20-18+/t38?,39-,42+,43+,44-,45-/m1/s1. The molecule has 1 heterocycles. The van der Waals surface area contributed by atoms with E-state index in [9.17, 15) is 30.0 Å². The molecule has 0 radical (unpaired) electrons. The second-order valence-electron chi connectivity index (χ2n) is 15.5. The van der Waals surface area contributed by atoms with Crippen molar-refractivity contribution in [2.75, 3.05) is 19.8 Å². The molecule has 322 valence electrons. The van der Waals surface area contributed by atoms with Gasteiger partial charge in [0.2, 0.25) is 0 Å². The molecule has 0 amide bonds. The van der Waals surface area contributed by atoms with E-state index in [1.165, 1.54) is 89.9 Å². The lowest BCUT2D eigenvalue weighted by molar-refractivity contribution is -0.305. The summed E-state index contributed by atoms with van der Waals surface area (Å²) in [4.78, 5) is 25.3. The minimum Gasteiger partial charge on any atom is -0.462 e. The van der Waals surface area contributed by atoms with Gasteiger partial charge in [-0.3, -0.25) is 9.59 Å². The fourth-order valence-corrected chi connectivity index (χ4v) is 6.71. The van der Waals surface area contributed by atoms with Crippen molar-refractivity contribution in [1.82, 2.24) is 0 Å². The predicted molar refractivity (Wildman–Crippen MR) is 219 cm³/mol. The molecule has 6 atom stereocenters. The summed E-state index contributed by atoms with van der Waals surface area (Å²) in [6.45, 7) is 3.40. The third-order valence-corrected chi connectivity index (χ3v) is 10.3. The van der Waals surface area contributed by atoms with E-state index in [-0.39, 0.29) is 32.0 Å². The van der Waals surface area contributed by atoms with Crippen LogP contribution in [0.3, 0.4) is 0 Å².